The van der Waals surface area contributed by atoms with Crippen LogP contribution in [0.3, 0.4) is 0 Å². The summed E-state index contributed by atoms with van der Waals surface area (Å²) in [5.74, 6) is 0.807. The zero-order valence-electron chi connectivity index (χ0n) is 19.5. The molecule has 1 spiro atoms. The van der Waals surface area contributed by atoms with Gasteiger partial charge >= 0.3 is 0 Å². The van der Waals surface area contributed by atoms with E-state index in [1.807, 2.05) is 19.1 Å². The van der Waals surface area contributed by atoms with Gasteiger partial charge in [0, 0.05) is 38.5 Å². The number of likely N-dealkylation sites (tertiary alicyclic amines) is 1. The Bertz CT molecular complexity index is 998. The Morgan fingerprint density at radius 3 is 2.76 bits per heavy atom. The SMILES string of the molecule is CCCc1cc(C(=O)N2CCC3(CC2)CNC(=O)COc2ccccc2C[C@H](O)[C@H](O)C3)no1. The maximum Gasteiger partial charge on any atom is 0.276 e. The number of benzene rings is 1. The summed E-state index contributed by atoms with van der Waals surface area (Å²) in [5, 5.41) is 28.5. The second-order valence-corrected chi connectivity index (χ2v) is 9.44. The first-order chi connectivity index (χ1) is 16.4. The highest BCUT2D eigenvalue weighted by Crippen LogP contribution is 2.37. The molecule has 0 saturated carbocycles. The molecule has 0 radical (unpaired) electrons. The second-order valence-electron chi connectivity index (χ2n) is 9.44. The summed E-state index contributed by atoms with van der Waals surface area (Å²) in [4.78, 5) is 27.1. The number of amides is 2. The number of rotatable bonds is 3. The summed E-state index contributed by atoms with van der Waals surface area (Å²) in [6, 6.07) is 8.91. The van der Waals surface area contributed by atoms with Crippen LogP contribution in [-0.4, -0.2) is 70.5 Å². The highest BCUT2D eigenvalue weighted by Gasteiger charge is 2.40. The van der Waals surface area contributed by atoms with Gasteiger partial charge in [0.05, 0.1) is 12.2 Å². The molecule has 9 heteroatoms. The fourth-order valence-electron chi connectivity index (χ4n) is 4.81. The lowest BCUT2D eigenvalue weighted by atomic mass is 9.73. The lowest BCUT2D eigenvalue weighted by Crippen LogP contribution is -2.51. The molecule has 0 bridgehead atoms. The topological polar surface area (TPSA) is 125 Å². The predicted molar refractivity (Wildman–Crippen MR) is 123 cm³/mol. The van der Waals surface area contributed by atoms with Crippen molar-refractivity contribution >= 4 is 11.8 Å². The third-order valence-electron chi connectivity index (χ3n) is 6.89. The lowest BCUT2D eigenvalue weighted by molar-refractivity contribution is -0.124. The van der Waals surface area contributed by atoms with Crippen LogP contribution in [0, 0.1) is 5.41 Å². The average molecular weight is 472 g/mol. The summed E-state index contributed by atoms with van der Waals surface area (Å²) in [7, 11) is 0. The van der Waals surface area contributed by atoms with Crippen LogP contribution >= 0.6 is 0 Å². The number of hydrogen-bond acceptors (Lipinski definition) is 7. The summed E-state index contributed by atoms with van der Waals surface area (Å²) >= 11 is 0. The van der Waals surface area contributed by atoms with Crippen molar-refractivity contribution in [1.29, 1.82) is 0 Å². The number of aliphatic hydroxyl groups is 2. The first kappa shape index (κ1) is 24.2. The van der Waals surface area contributed by atoms with E-state index in [9.17, 15) is 19.8 Å². The van der Waals surface area contributed by atoms with Crippen molar-refractivity contribution in [3.8, 4) is 5.75 Å². The number of aryl methyl sites for hydroxylation is 1. The van der Waals surface area contributed by atoms with E-state index in [0.29, 0.717) is 56.1 Å². The first-order valence-electron chi connectivity index (χ1n) is 12.0. The molecule has 2 amide bonds. The van der Waals surface area contributed by atoms with Gasteiger partial charge in [-0.15, -0.1) is 0 Å². The number of aliphatic hydroxyl groups excluding tert-OH is 2. The smallest absolute Gasteiger partial charge is 0.276 e. The average Bonchev–Trinajstić information content (AvgIpc) is 3.30. The van der Waals surface area contributed by atoms with Gasteiger partial charge in [-0.2, -0.15) is 0 Å². The van der Waals surface area contributed by atoms with E-state index in [1.165, 1.54) is 0 Å². The van der Waals surface area contributed by atoms with Crippen LogP contribution in [0.25, 0.3) is 0 Å². The Morgan fingerprint density at radius 2 is 2.00 bits per heavy atom. The van der Waals surface area contributed by atoms with E-state index in [1.54, 1.807) is 23.1 Å². The minimum atomic E-state index is -0.973. The molecule has 0 aliphatic carbocycles. The van der Waals surface area contributed by atoms with Crippen LogP contribution in [0.5, 0.6) is 5.75 Å². The molecule has 34 heavy (non-hydrogen) atoms. The molecule has 9 nitrogen and oxygen atoms in total. The van der Waals surface area contributed by atoms with Crippen molar-refractivity contribution in [2.75, 3.05) is 26.2 Å². The number of nitrogens with zero attached hydrogens (tertiary/aromatic N) is 2. The zero-order chi connectivity index (χ0) is 24.1. The van der Waals surface area contributed by atoms with Crippen LogP contribution < -0.4 is 10.1 Å². The number of nitrogens with one attached hydrogen (secondary N) is 1. The predicted octanol–water partition coefficient (Wildman–Crippen LogP) is 1.71. The molecule has 2 atom stereocenters. The van der Waals surface area contributed by atoms with Crippen molar-refractivity contribution in [3.63, 3.8) is 0 Å². The van der Waals surface area contributed by atoms with Gasteiger partial charge in [0.15, 0.2) is 12.3 Å². The molecule has 2 aromatic rings. The van der Waals surface area contributed by atoms with E-state index >= 15 is 0 Å². The molecule has 1 fully saturated rings. The van der Waals surface area contributed by atoms with Gasteiger partial charge in [0.25, 0.3) is 11.8 Å². The molecule has 184 valence electrons. The van der Waals surface area contributed by atoms with Gasteiger partial charge < -0.3 is 29.7 Å². The van der Waals surface area contributed by atoms with Crippen LogP contribution in [0.2, 0.25) is 0 Å². The number of aromatic nitrogens is 1. The molecule has 3 heterocycles. The Balaban J connectivity index is 1.45. The van der Waals surface area contributed by atoms with E-state index < -0.39 is 17.6 Å². The number of fused-ring (bicyclic) bond motifs is 1. The Hall–Kier alpha value is -2.91. The van der Waals surface area contributed by atoms with Crippen molar-refractivity contribution in [1.82, 2.24) is 15.4 Å². The van der Waals surface area contributed by atoms with Gasteiger partial charge in [-0.1, -0.05) is 30.3 Å². The van der Waals surface area contributed by atoms with E-state index in [-0.39, 0.29) is 24.8 Å². The molecule has 1 aromatic heterocycles. The number of carbonyl (C=O) groups excluding carboxylic acids is 2. The standard InChI is InChI=1S/C25H33N3O6/c1-2-5-18-13-19(27-34-18)24(32)28-10-8-25(9-11-28)14-21(30)20(29)12-17-6-3-4-7-22(17)33-15-23(31)26-16-25/h3-4,6-7,13,20-21,29-30H,2,5,8-12,14-16H2,1H3,(H,26,31)/t20-,21+/m0/s1. The largest absolute Gasteiger partial charge is 0.483 e. The summed E-state index contributed by atoms with van der Waals surface area (Å²) < 4.78 is 10.9. The number of piperidine rings is 1. The van der Waals surface area contributed by atoms with Crippen LogP contribution in [0.4, 0.5) is 0 Å². The number of hydrogen-bond donors (Lipinski definition) is 3. The minimum Gasteiger partial charge on any atom is -0.483 e. The van der Waals surface area contributed by atoms with E-state index in [2.05, 4.69) is 10.5 Å². The van der Waals surface area contributed by atoms with Crippen LogP contribution in [0.1, 0.15) is 54.4 Å². The number of ether oxygens (including phenoxy) is 1. The molecule has 2 aliphatic heterocycles. The Labute approximate surface area is 199 Å². The highest BCUT2D eigenvalue weighted by molar-refractivity contribution is 5.92. The fraction of sp³-hybridized carbons (Fsp3) is 0.560. The van der Waals surface area contributed by atoms with Gasteiger partial charge in [0.1, 0.15) is 11.5 Å². The van der Waals surface area contributed by atoms with Crippen molar-refractivity contribution in [2.45, 2.75) is 57.7 Å². The first-order valence-corrected chi connectivity index (χ1v) is 12.0. The van der Waals surface area contributed by atoms with Gasteiger partial charge in [-0.3, -0.25) is 9.59 Å². The summed E-state index contributed by atoms with van der Waals surface area (Å²) in [5.41, 5.74) is 0.604. The van der Waals surface area contributed by atoms with Gasteiger partial charge in [-0.05, 0) is 42.7 Å². The van der Waals surface area contributed by atoms with Gasteiger partial charge in [-0.25, -0.2) is 0 Å². The van der Waals surface area contributed by atoms with E-state index in [0.717, 1.165) is 18.4 Å². The molecule has 1 aromatic carbocycles. The van der Waals surface area contributed by atoms with Gasteiger partial charge in [0.2, 0.25) is 0 Å². The molecule has 1 saturated heterocycles. The van der Waals surface area contributed by atoms with Crippen LogP contribution in [-0.2, 0) is 17.6 Å². The number of para-hydroxylation sites is 1. The quantitative estimate of drug-likeness (QED) is 0.622. The second kappa shape index (κ2) is 10.6. The summed E-state index contributed by atoms with van der Waals surface area (Å²) in [6.45, 7) is 3.18. The fourth-order valence-corrected chi connectivity index (χ4v) is 4.81. The Morgan fingerprint density at radius 1 is 1.24 bits per heavy atom. The monoisotopic (exact) mass is 471 g/mol. The van der Waals surface area contributed by atoms with Crippen molar-refractivity contribution < 1.29 is 29.1 Å². The molecule has 3 N–H and O–H groups in total. The van der Waals surface area contributed by atoms with E-state index in [4.69, 9.17) is 9.26 Å². The minimum absolute atomic E-state index is 0.122. The maximum atomic E-state index is 12.9. The Kier molecular flexibility index (Phi) is 7.53. The highest BCUT2D eigenvalue weighted by atomic mass is 16.5. The summed E-state index contributed by atoms with van der Waals surface area (Å²) in [6.07, 6.45) is 1.42. The molecule has 0 unspecified atom stereocenters. The van der Waals surface area contributed by atoms with Crippen molar-refractivity contribution in [2.24, 2.45) is 5.41 Å². The third-order valence-corrected chi connectivity index (χ3v) is 6.89. The molecular weight excluding hydrogens is 438 g/mol. The molecule has 2 aliphatic rings. The molecule has 4 rings (SSSR count). The zero-order valence-corrected chi connectivity index (χ0v) is 19.5. The maximum absolute atomic E-state index is 12.9. The lowest BCUT2D eigenvalue weighted by Gasteiger charge is -2.43. The number of carbonyl (C=O) groups is 2. The van der Waals surface area contributed by atoms with Crippen molar-refractivity contribution in [3.05, 3.63) is 47.3 Å². The third kappa shape index (κ3) is 5.59. The van der Waals surface area contributed by atoms with Crippen LogP contribution in [0.15, 0.2) is 34.9 Å². The normalized spacial score (nSPS) is 23.3. The molecular formula is C25H33N3O6.